The fraction of sp³-hybridized carbons (Fsp3) is 0.562. The molecule has 0 aliphatic heterocycles. The van der Waals surface area contributed by atoms with Gasteiger partial charge in [-0.2, -0.15) is 0 Å². The van der Waals surface area contributed by atoms with Gasteiger partial charge in [-0.15, -0.1) is 13.2 Å². The molecule has 0 saturated carbocycles. The minimum atomic E-state index is -4.77. The Morgan fingerprint density at radius 2 is 1.91 bits per heavy atom. The highest BCUT2D eigenvalue weighted by Crippen LogP contribution is 2.32. The Morgan fingerprint density at radius 1 is 1.26 bits per heavy atom. The lowest BCUT2D eigenvalue weighted by atomic mass is 9.86. The van der Waals surface area contributed by atoms with Crippen LogP contribution in [0.25, 0.3) is 0 Å². The van der Waals surface area contributed by atoms with Crippen molar-refractivity contribution in [1.82, 2.24) is 0 Å². The molecule has 130 valence electrons. The number of halogens is 4. The molecule has 1 rings (SSSR count). The number of hydrogen-bond donors (Lipinski definition) is 0. The summed E-state index contributed by atoms with van der Waals surface area (Å²) in [6.07, 6.45) is -2.89. The van der Waals surface area contributed by atoms with Gasteiger partial charge in [-0.25, -0.2) is 0 Å². The van der Waals surface area contributed by atoms with Gasteiger partial charge in [-0.05, 0) is 57.7 Å². The molecular formula is C16H20ClF3O3. The second-order valence-corrected chi connectivity index (χ2v) is 6.18. The summed E-state index contributed by atoms with van der Waals surface area (Å²) in [4.78, 5) is 11.8. The molecule has 0 spiro atoms. The topological polar surface area (TPSA) is 35.5 Å². The van der Waals surface area contributed by atoms with Gasteiger partial charge in [0.2, 0.25) is 0 Å². The molecule has 0 bridgehead atoms. The van der Waals surface area contributed by atoms with Gasteiger partial charge in [-0.3, -0.25) is 4.79 Å². The Kier molecular flexibility index (Phi) is 6.74. The average Bonchev–Trinajstić information content (AvgIpc) is 2.40. The third-order valence-corrected chi connectivity index (χ3v) is 3.61. The van der Waals surface area contributed by atoms with E-state index < -0.39 is 17.5 Å². The number of aryl methyl sites for hydroxylation is 1. The molecule has 0 saturated heterocycles. The largest absolute Gasteiger partial charge is 0.573 e. The monoisotopic (exact) mass is 352 g/mol. The van der Waals surface area contributed by atoms with E-state index in [9.17, 15) is 18.0 Å². The SMILES string of the molecule is CCOC(=O)C(C)(C)CCCc1ccc(OC(F)(F)F)c(Cl)c1. The summed E-state index contributed by atoms with van der Waals surface area (Å²) in [5.74, 6) is -0.679. The summed E-state index contributed by atoms with van der Waals surface area (Å²) in [5.41, 5.74) is 0.184. The number of carbonyl (C=O) groups is 1. The van der Waals surface area contributed by atoms with Crippen molar-refractivity contribution >= 4 is 17.6 Å². The molecule has 3 nitrogen and oxygen atoms in total. The molecule has 0 fully saturated rings. The lowest BCUT2D eigenvalue weighted by Gasteiger charge is -2.22. The van der Waals surface area contributed by atoms with Crippen LogP contribution in [0.15, 0.2) is 18.2 Å². The van der Waals surface area contributed by atoms with Crippen molar-refractivity contribution in [2.45, 2.75) is 46.4 Å². The zero-order chi connectivity index (χ0) is 17.7. The number of alkyl halides is 3. The van der Waals surface area contributed by atoms with Gasteiger partial charge >= 0.3 is 12.3 Å². The first-order valence-electron chi connectivity index (χ1n) is 7.26. The highest BCUT2D eigenvalue weighted by atomic mass is 35.5. The van der Waals surface area contributed by atoms with E-state index in [4.69, 9.17) is 16.3 Å². The lowest BCUT2D eigenvalue weighted by molar-refractivity contribution is -0.274. The zero-order valence-electron chi connectivity index (χ0n) is 13.3. The summed E-state index contributed by atoms with van der Waals surface area (Å²) in [7, 11) is 0. The van der Waals surface area contributed by atoms with Crippen LogP contribution in [0.1, 0.15) is 39.2 Å². The molecule has 0 aliphatic carbocycles. The molecule has 0 amide bonds. The van der Waals surface area contributed by atoms with Crippen molar-refractivity contribution < 1.29 is 27.4 Å². The van der Waals surface area contributed by atoms with Gasteiger partial charge in [0.05, 0.1) is 17.0 Å². The molecule has 0 N–H and O–H groups in total. The van der Waals surface area contributed by atoms with Crippen molar-refractivity contribution in [3.63, 3.8) is 0 Å². The maximum absolute atomic E-state index is 12.2. The highest BCUT2D eigenvalue weighted by molar-refractivity contribution is 6.32. The van der Waals surface area contributed by atoms with Gasteiger partial charge in [0.15, 0.2) is 0 Å². The van der Waals surface area contributed by atoms with E-state index in [2.05, 4.69) is 4.74 Å². The standard InChI is InChI=1S/C16H20ClF3O3/c1-4-22-14(21)15(2,3)9-5-6-11-7-8-13(12(17)10-11)23-16(18,19)20/h7-8,10H,4-6,9H2,1-3H3. The van der Waals surface area contributed by atoms with E-state index in [1.165, 1.54) is 18.2 Å². The number of hydrogen-bond acceptors (Lipinski definition) is 3. The molecular weight excluding hydrogens is 333 g/mol. The van der Waals surface area contributed by atoms with Gasteiger partial charge < -0.3 is 9.47 Å². The van der Waals surface area contributed by atoms with Gasteiger partial charge in [0.1, 0.15) is 5.75 Å². The van der Waals surface area contributed by atoms with Crippen LogP contribution in [0.2, 0.25) is 5.02 Å². The molecule has 1 aromatic rings. The highest BCUT2D eigenvalue weighted by Gasteiger charge is 2.32. The third-order valence-electron chi connectivity index (χ3n) is 3.32. The van der Waals surface area contributed by atoms with Crippen LogP contribution < -0.4 is 4.74 Å². The lowest BCUT2D eigenvalue weighted by Crippen LogP contribution is -2.26. The van der Waals surface area contributed by atoms with Crippen LogP contribution in [0, 0.1) is 5.41 Å². The van der Waals surface area contributed by atoms with Crippen molar-refractivity contribution in [1.29, 1.82) is 0 Å². The van der Waals surface area contributed by atoms with Gasteiger partial charge in [-0.1, -0.05) is 17.7 Å². The molecule has 0 radical (unpaired) electrons. The number of benzene rings is 1. The van der Waals surface area contributed by atoms with Crippen LogP contribution >= 0.6 is 11.6 Å². The molecule has 0 aliphatic rings. The fourth-order valence-corrected chi connectivity index (χ4v) is 2.31. The number of rotatable bonds is 7. The van der Waals surface area contributed by atoms with E-state index >= 15 is 0 Å². The Bertz CT molecular complexity index is 542. The van der Waals surface area contributed by atoms with Crippen LogP contribution in [0.5, 0.6) is 5.75 Å². The van der Waals surface area contributed by atoms with E-state index in [-0.39, 0.29) is 11.0 Å². The van der Waals surface area contributed by atoms with Gasteiger partial charge in [0.25, 0.3) is 0 Å². The maximum atomic E-state index is 12.2. The molecule has 0 atom stereocenters. The summed E-state index contributed by atoms with van der Waals surface area (Å²) >= 11 is 5.80. The minimum absolute atomic E-state index is 0.0931. The fourth-order valence-electron chi connectivity index (χ4n) is 2.07. The Morgan fingerprint density at radius 3 is 2.43 bits per heavy atom. The van der Waals surface area contributed by atoms with E-state index in [0.29, 0.717) is 25.9 Å². The third kappa shape index (κ3) is 6.69. The van der Waals surface area contributed by atoms with Crippen LogP contribution in [-0.4, -0.2) is 18.9 Å². The summed E-state index contributed by atoms with van der Waals surface area (Å²) in [6, 6.07) is 4.17. The summed E-state index contributed by atoms with van der Waals surface area (Å²) < 4.78 is 45.3. The van der Waals surface area contributed by atoms with Crippen molar-refractivity contribution in [3.8, 4) is 5.75 Å². The average molecular weight is 353 g/mol. The smallest absolute Gasteiger partial charge is 0.466 e. The number of ether oxygens (including phenoxy) is 2. The molecule has 7 heteroatoms. The number of carbonyl (C=O) groups excluding carboxylic acids is 1. The van der Waals surface area contributed by atoms with E-state index in [1.54, 1.807) is 20.8 Å². The van der Waals surface area contributed by atoms with E-state index in [1.807, 2.05) is 0 Å². The molecule has 23 heavy (non-hydrogen) atoms. The van der Waals surface area contributed by atoms with Crippen LogP contribution in [0.3, 0.4) is 0 Å². The number of esters is 1. The maximum Gasteiger partial charge on any atom is 0.573 e. The molecule has 0 aromatic heterocycles. The second-order valence-electron chi connectivity index (χ2n) is 5.77. The van der Waals surface area contributed by atoms with Crippen molar-refractivity contribution in [3.05, 3.63) is 28.8 Å². The quantitative estimate of drug-likeness (QED) is 0.636. The first kappa shape index (κ1) is 19.6. The van der Waals surface area contributed by atoms with Crippen molar-refractivity contribution in [2.24, 2.45) is 5.41 Å². The minimum Gasteiger partial charge on any atom is -0.466 e. The normalized spacial score (nSPS) is 12.1. The van der Waals surface area contributed by atoms with Crippen LogP contribution in [0.4, 0.5) is 13.2 Å². The first-order valence-corrected chi connectivity index (χ1v) is 7.64. The Hall–Kier alpha value is -1.43. The summed E-state index contributed by atoms with van der Waals surface area (Å²) in [6.45, 7) is 5.69. The molecule has 1 aromatic carbocycles. The Balaban J connectivity index is 2.59. The molecule has 0 heterocycles. The van der Waals surface area contributed by atoms with Gasteiger partial charge in [0, 0.05) is 0 Å². The first-order chi connectivity index (χ1) is 10.5. The Labute approximate surface area is 138 Å². The summed E-state index contributed by atoms with van der Waals surface area (Å²) in [5, 5.41) is -0.0931. The van der Waals surface area contributed by atoms with E-state index in [0.717, 1.165) is 5.56 Å². The predicted octanol–water partition coefficient (Wildman–Crippen LogP) is 5.15. The second kappa shape index (κ2) is 7.90. The van der Waals surface area contributed by atoms with Crippen molar-refractivity contribution in [2.75, 3.05) is 6.61 Å². The van der Waals surface area contributed by atoms with Crippen LogP contribution in [-0.2, 0) is 16.0 Å². The zero-order valence-corrected chi connectivity index (χ0v) is 14.1. The molecule has 0 unspecified atom stereocenters. The predicted molar refractivity (Wildman–Crippen MR) is 81.5 cm³/mol.